The third kappa shape index (κ3) is 4.19. The molecule has 3 aromatic carbocycles. The number of hydrogen-bond acceptors (Lipinski definition) is 3. The highest BCUT2D eigenvalue weighted by Gasteiger charge is 2.18. The standard InChI is InChI=1S/C27H26BrN5/c1-29-15-17-4-6-18(7-5-17)25-26(19-8-11-21(12-9-19)33(2)3)32-27(31-25)23-16-30-24-13-10-20(28)14-22(23)24/h4-14,16,29-30H,15H2,1-3H3,(H,31,32). The molecule has 0 spiro atoms. The van der Waals surface area contributed by atoms with Crippen LogP contribution in [0.25, 0.3) is 44.8 Å². The third-order valence-electron chi connectivity index (χ3n) is 5.88. The van der Waals surface area contributed by atoms with Crippen molar-refractivity contribution in [3.63, 3.8) is 0 Å². The van der Waals surface area contributed by atoms with Crippen molar-refractivity contribution in [1.29, 1.82) is 0 Å². The number of aromatic amines is 2. The zero-order valence-electron chi connectivity index (χ0n) is 18.9. The summed E-state index contributed by atoms with van der Waals surface area (Å²) in [6.45, 7) is 0.845. The van der Waals surface area contributed by atoms with E-state index in [1.165, 1.54) is 5.56 Å². The Balaban J connectivity index is 1.66. The van der Waals surface area contributed by atoms with Crippen molar-refractivity contribution in [2.45, 2.75) is 6.54 Å². The van der Waals surface area contributed by atoms with Crippen molar-refractivity contribution in [1.82, 2.24) is 20.3 Å². The van der Waals surface area contributed by atoms with Gasteiger partial charge in [0.25, 0.3) is 0 Å². The van der Waals surface area contributed by atoms with Crippen LogP contribution in [0.2, 0.25) is 0 Å². The van der Waals surface area contributed by atoms with Crippen LogP contribution in [0.5, 0.6) is 0 Å². The molecule has 5 nitrogen and oxygen atoms in total. The quantitative estimate of drug-likeness (QED) is 0.252. The Morgan fingerprint density at radius 1 is 0.939 bits per heavy atom. The molecule has 2 heterocycles. The second kappa shape index (κ2) is 8.89. The molecule has 2 aromatic heterocycles. The van der Waals surface area contributed by atoms with Crippen LogP contribution in [0.3, 0.4) is 0 Å². The van der Waals surface area contributed by atoms with Gasteiger partial charge in [-0.15, -0.1) is 0 Å². The number of hydrogen-bond donors (Lipinski definition) is 3. The number of fused-ring (bicyclic) bond motifs is 1. The second-order valence-electron chi connectivity index (χ2n) is 8.37. The summed E-state index contributed by atoms with van der Waals surface area (Å²) < 4.78 is 1.04. The Morgan fingerprint density at radius 3 is 2.36 bits per heavy atom. The van der Waals surface area contributed by atoms with Crippen LogP contribution in [-0.4, -0.2) is 36.1 Å². The third-order valence-corrected chi connectivity index (χ3v) is 6.38. The molecule has 6 heteroatoms. The maximum atomic E-state index is 5.10. The number of anilines is 1. The fourth-order valence-corrected chi connectivity index (χ4v) is 4.48. The van der Waals surface area contributed by atoms with E-state index in [4.69, 9.17) is 4.98 Å². The summed E-state index contributed by atoms with van der Waals surface area (Å²) >= 11 is 3.60. The van der Waals surface area contributed by atoms with E-state index < -0.39 is 0 Å². The number of aromatic nitrogens is 3. The van der Waals surface area contributed by atoms with E-state index >= 15 is 0 Å². The van der Waals surface area contributed by atoms with Crippen LogP contribution in [0, 0.1) is 0 Å². The van der Waals surface area contributed by atoms with Crippen molar-refractivity contribution in [2.75, 3.05) is 26.0 Å². The molecule has 0 fully saturated rings. The van der Waals surface area contributed by atoms with Crippen molar-refractivity contribution in [2.24, 2.45) is 0 Å². The zero-order chi connectivity index (χ0) is 22.9. The molecule has 33 heavy (non-hydrogen) atoms. The van der Waals surface area contributed by atoms with Crippen LogP contribution in [0.1, 0.15) is 5.56 Å². The van der Waals surface area contributed by atoms with E-state index in [2.05, 4.69) is 111 Å². The van der Waals surface area contributed by atoms with Crippen LogP contribution in [0.15, 0.2) is 77.4 Å². The molecule has 0 aliphatic rings. The van der Waals surface area contributed by atoms with Gasteiger partial charge >= 0.3 is 0 Å². The van der Waals surface area contributed by atoms with Gasteiger partial charge in [0, 0.05) is 64.6 Å². The molecule has 0 aliphatic carbocycles. The van der Waals surface area contributed by atoms with Gasteiger partial charge in [-0.2, -0.15) is 0 Å². The van der Waals surface area contributed by atoms with E-state index in [9.17, 15) is 0 Å². The van der Waals surface area contributed by atoms with Crippen LogP contribution in [-0.2, 0) is 6.54 Å². The monoisotopic (exact) mass is 499 g/mol. The van der Waals surface area contributed by atoms with E-state index in [1.807, 2.05) is 19.3 Å². The lowest BCUT2D eigenvalue weighted by Crippen LogP contribution is -2.07. The molecule has 0 bridgehead atoms. The number of nitrogens with zero attached hydrogens (tertiary/aromatic N) is 2. The largest absolute Gasteiger partial charge is 0.378 e. The fourth-order valence-electron chi connectivity index (χ4n) is 4.12. The zero-order valence-corrected chi connectivity index (χ0v) is 20.5. The van der Waals surface area contributed by atoms with Crippen molar-refractivity contribution < 1.29 is 0 Å². The van der Waals surface area contributed by atoms with Gasteiger partial charge in [-0.05, 0) is 42.9 Å². The summed E-state index contributed by atoms with van der Waals surface area (Å²) in [6, 6.07) is 23.4. The first kappa shape index (κ1) is 21.5. The molecular weight excluding hydrogens is 474 g/mol. The SMILES string of the molecule is CNCc1ccc(-c2[nH]c(-c3c[nH]c4ccc(Br)cc34)nc2-c2ccc(N(C)C)cc2)cc1. The summed E-state index contributed by atoms with van der Waals surface area (Å²) in [4.78, 5) is 14.2. The van der Waals surface area contributed by atoms with Gasteiger partial charge < -0.3 is 20.2 Å². The van der Waals surface area contributed by atoms with Crippen LogP contribution >= 0.6 is 15.9 Å². The molecule has 0 amide bonds. The van der Waals surface area contributed by atoms with Crippen molar-refractivity contribution >= 4 is 32.5 Å². The predicted molar refractivity (Wildman–Crippen MR) is 142 cm³/mol. The number of imidazole rings is 1. The van der Waals surface area contributed by atoms with Gasteiger partial charge in [0.2, 0.25) is 0 Å². The highest BCUT2D eigenvalue weighted by atomic mass is 79.9. The van der Waals surface area contributed by atoms with Gasteiger partial charge in [0.05, 0.1) is 11.4 Å². The lowest BCUT2D eigenvalue weighted by Gasteiger charge is -2.12. The topological polar surface area (TPSA) is 59.7 Å². The van der Waals surface area contributed by atoms with E-state index in [0.29, 0.717) is 0 Å². The molecule has 0 atom stereocenters. The minimum atomic E-state index is 0.845. The highest BCUT2D eigenvalue weighted by Crippen LogP contribution is 2.36. The predicted octanol–water partition coefficient (Wildman–Crippen LogP) is 6.44. The molecule has 0 radical (unpaired) electrons. The number of H-pyrrole nitrogens is 2. The second-order valence-corrected chi connectivity index (χ2v) is 9.29. The maximum Gasteiger partial charge on any atom is 0.140 e. The molecule has 0 aliphatic heterocycles. The summed E-state index contributed by atoms with van der Waals surface area (Å²) in [5, 5.41) is 4.34. The summed E-state index contributed by atoms with van der Waals surface area (Å²) in [5.41, 5.74) is 8.70. The van der Waals surface area contributed by atoms with Crippen LogP contribution < -0.4 is 10.2 Å². The molecule has 0 unspecified atom stereocenters. The molecule has 5 aromatic rings. The van der Waals surface area contributed by atoms with E-state index in [-0.39, 0.29) is 0 Å². The first-order valence-electron chi connectivity index (χ1n) is 10.9. The van der Waals surface area contributed by atoms with Gasteiger partial charge in [-0.1, -0.05) is 52.3 Å². The molecule has 166 valence electrons. The first-order valence-corrected chi connectivity index (χ1v) is 11.7. The van der Waals surface area contributed by atoms with Gasteiger partial charge in [0.1, 0.15) is 5.82 Å². The minimum absolute atomic E-state index is 0.845. The van der Waals surface area contributed by atoms with Crippen molar-refractivity contribution in [3.8, 4) is 33.9 Å². The Labute approximate surface area is 202 Å². The average Bonchev–Trinajstić information content (AvgIpc) is 3.44. The van der Waals surface area contributed by atoms with Gasteiger partial charge in [0.15, 0.2) is 0 Å². The Hall–Kier alpha value is -3.35. The molecule has 3 N–H and O–H groups in total. The number of rotatable bonds is 6. The molecule has 0 saturated heterocycles. The van der Waals surface area contributed by atoms with Crippen LogP contribution in [0.4, 0.5) is 5.69 Å². The summed E-state index contributed by atoms with van der Waals surface area (Å²) in [5.74, 6) is 0.848. The van der Waals surface area contributed by atoms with Gasteiger partial charge in [-0.25, -0.2) is 4.98 Å². The maximum absolute atomic E-state index is 5.10. The number of halogens is 1. The molecule has 5 rings (SSSR count). The fraction of sp³-hybridized carbons (Fsp3) is 0.148. The normalized spacial score (nSPS) is 11.3. The highest BCUT2D eigenvalue weighted by molar-refractivity contribution is 9.10. The summed E-state index contributed by atoms with van der Waals surface area (Å²) in [6.07, 6.45) is 2.02. The summed E-state index contributed by atoms with van der Waals surface area (Å²) in [7, 11) is 6.06. The van der Waals surface area contributed by atoms with Gasteiger partial charge in [-0.3, -0.25) is 0 Å². The molecular formula is C27H26BrN5. The Kier molecular flexibility index (Phi) is 5.79. The first-order chi connectivity index (χ1) is 16.0. The average molecular weight is 500 g/mol. The lowest BCUT2D eigenvalue weighted by atomic mass is 10.0. The van der Waals surface area contributed by atoms with E-state index in [0.717, 1.165) is 61.5 Å². The van der Waals surface area contributed by atoms with E-state index in [1.54, 1.807) is 0 Å². The minimum Gasteiger partial charge on any atom is -0.378 e. The Bertz CT molecular complexity index is 1400. The number of nitrogens with one attached hydrogen (secondary N) is 3. The lowest BCUT2D eigenvalue weighted by molar-refractivity contribution is 0.818. The molecule has 0 saturated carbocycles. The smallest absolute Gasteiger partial charge is 0.140 e. The van der Waals surface area contributed by atoms with Crippen molar-refractivity contribution in [3.05, 3.63) is 83.0 Å². The number of benzene rings is 3. The Morgan fingerprint density at radius 2 is 1.67 bits per heavy atom.